The zero-order valence-electron chi connectivity index (χ0n) is 4.93. The maximum atomic E-state index is 8.35. The quantitative estimate of drug-likeness (QED) is 0.337. The van der Waals surface area contributed by atoms with Crippen LogP contribution in [0.3, 0.4) is 0 Å². The summed E-state index contributed by atoms with van der Waals surface area (Å²) >= 11 is -0.667. The molecular formula is H4Cl4O8. The van der Waals surface area contributed by atoms with Gasteiger partial charge in [-0.25, -0.2) is 0 Å². The minimum absolute atomic E-state index is 0.167. The van der Waals surface area contributed by atoms with E-state index in [-0.39, 0.29) is 45.3 Å². The first-order chi connectivity index (χ1) is 5.66. The Morgan fingerprint density at radius 2 is 0.500 bits per heavy atom. The molecule has 0 unspecified atom stereocenters. The first-order valence-electron chi connectivity index (χ1n) is 1.29. The van der Waals surface area contributed by atoms with Gasteiger partial charge in [0.25, 0.3) is 0 Å². The van der Waals surface area contributed by atoms with Crippen LogP contribution < -0.4 is 18.6 Å². The highest BCUT2D eigenvalue weighted by Crippen LogP contribution is 1.14. The van der Waals surface area contributed by atoms with Gasteiger partial charge in [0.2, 0.25) is 0 Å². The van der Waals surface area contributed by atoms with Crippen molar-refractivity contribution in [3.8, 4) is 0 Å². The SMILES string of the molecule is [O-][Cl+]O.[O-][Cl+]O.[O-][Cl+]O.[O-][Cl+]O. The van der Waals surface area contributed by atoms with Crippen LogP contribution in [-0.2, 0) is 0 Å². The molecular weight excluding hydrogens is 270 g/mol. The largest absolute Gasteiger partial charge is 0.506 e. The summed E-state index contributed by atoms with van der Waals surface area (Å²) in [5.74, 6) is 0. The van der Waals surface area contributed by atoms with Crippen LogP contribution in [0.15, 0.2) is 0 Å². The third-order valence-corrected chi connectivity index (χ3v) is 0. The van der Waals surface area contributed by atoms with Gasteiger partial charge in [-0.2, -0.15) is 0 Å². The second kappa shape index (κ2) is 59.4. The van der Waals surface area contributed by atoms with E-state index in [9.17, 15) is 0 Å². The summed E-state index contributed by atoms with van der Waals surface area (Å²) in [7, 11) is 0. The van der Waals surface area contributed by atoms with Crippen LogP contribution >= 0.6 is 0 Å². The van der Waals surface area contributed by atoms with Crippen molar-refractivity contribution in [2.24, 2.45) is 0 Å². The molecule has 0 rings (SSSR count). The van der Waals surface area contributed by atoms with Gasteiger partial charge in [0.15, 0.2) is 0 Å². The molecule has 4 N–H and O–H groups in total. The van der Waals surface area contributed by atoms with E-state index in [1.165, 1.54) is 0 Å². The normalized spacial score (nSPS) is 6.00. The molecule has 0 saturated heterocycles. The lowest BCUT2D eigenvalue weighted by molar-refractivity contribution is -1.27. The molecule has 80 valence electrons. The second-order valence-corrected chi connectivity index (χ2v) is 0.828. The van der Waals surface area contributed by atoms with Gasteiger partial charge < -0.3 is 18.6 Å². The fourth-order valence-electron chi connectivity index (χ4n) is 0. The second-order valence-electron chi connectivity index (χ2n) is 0.276. The Bertz CT molecular complexity index is 19.0. The molecule has 12 heteroatoms. The Hall–Kier alpha value is 0.840. The van der Waals surface area contributed by atoms with Gasteiger partial charge in [0, 0.05) is 0 Å². The van der Waals surface area contributed by atoms with Gasteiger partial charge in [-0.15, -0.1) is 18.6 Å². The molecule has 0 aromatic rings. The molecule has 12 heavy (non-hydrogen) atoms. The van der Waals surface area contributed by atoms with Crippen LogP contribution in [0.4, 0.5) is 0 Å². The summed E-state index contributed by atoms with van der Waals surface area (Å²) in [5.41, 5.74) is 0. The number of halogens is 4. The molecule has 8 nitrogen and oxygen atoms in total. The van der Waals surface area contributed by atoms with Gasteiger partial charge in [0.1, 0.15) is 0 Å². The lowest BCUT2D eigenvalue weighted by Crippen LogP contribution is -1.94. The minimum Gasteiger partial charge on any atom is -0.506 e. The maximum absolute atomic E-state index is 8.35. The van der Waals surface area contributed by atoms with Crippen molar-refractivity contribution in [1.82, 2.24) is 0 Å². The van der Waals surface area contributed by atoms with E-state index < -0.39 is 0 Å². The standard InChI is InChI=1S/4ClHO2/c4*2-1-3/h4*2H. The van der Waals surface area contributed by atoms with E-state index >= 15 is 0 Å². The zero-order valence-corrected chi connectivity index (χ0v) is 7.96. The highest BCUT2D eigenvalue weighted by Gasteiger charge is 1.47. The summed E-state index contributed by atoms with van der Waals surface area (Å²) in [6.45, 7) is 0. The molecule has 0 fully saturated rings. The third-order valence-electron chi connectivity index (χ3n) is 0. The van der Waals surface area contributed by atoms with Gasteiger partial charge in [-0.3, -0.25) is 0 Å². The van der Waals surface area contributed by atoms with Crippen LogP contribution in [0.25, 0.3) is 0 Å². The van der Waals surface area contributed by atoms with E-state index in [1.54, 1.807) is 0 Å². The van der Waals surface area contributed by atoms with Crippen LogP contribution in [-0.4, -0.2) is 18.6 Å². The first-order valence-corrected chi connectivity index (χ1v) is 3.88. The van der Waals surface area contributed by atoms with Crippen LogP contribution in [0.2, 0.25) is 0 Å². The van der Waals surface area contributed by atoms with Gasteiger partial charge in [-0.1, -0.05) is 0 Å². The molecule has 0 atom stereocenters. The summed E-state index contributed by atoms with van der Waals surface area (Å²) < 4.78 is 60.9. The minimum atomic E-state index is -0.167. The van der Waals surface area contributed by atoms with E-state index in [0.29, 0.717) is 0 Å². The topological polar surface area (TPSA) is 173 Å². The lowest BCUT2D eigenvalue weighted by atomic mass is 15.9. The molecule has 0 saturated carbocycles. The van der Waals surface area contributed by atoms with Crippen molar-refractivity contribution in [2.45, 2.75) is 0 Å². The number of hydrogen-bond acceptors (Lipinski definition) is 8. The van der Waals surface area contributed by atoms with Crippen LogP contribution in [0, 0.1) is 45.3 Å². The predicted molar refractivity (Wildman–Crippen MR) is 8.88 cm³/mol. The predicted octanol–water partition coefficient (Wildman–Crippen LogP) is -6.98. The fraction of sp³-hybridized carbons (Fsp3) is 0. The summed E-state index contributed by atoms with van der Waals surface area (Å²) in [6, 6.07) is 0. The molecule has 0 aliphatic heterocycles. The lowest BCUT2D eigenvalue weighted by Gasteiger charge is -1.46. The molecule has 0 bridgehead atoms. The van der Waals surface area contributed by atoms with Crippen molar-refractivity contribution >= 4 is 0 Å². The third kappa shape index (κ3) is 1490. The smallest absolute Gasteiger partial charge is 0.327 e. The van der Waals surface area contributed by atoms with Crippen molar-refractivity contribution in [2.75, 3.05) is 0 Å². The average molecular weight is 274 g/mol. The Morgan fingerprint density at radius 3 is 0.500 bits per heavy atom. The van der Waals surface area contributed by atoms with E-state index in [1.807, 2.05) is 0 Å². The van der Waals surface area contributed by atoms with Gasteiger partial charge in [-0.05, 0) is 0 Å². The maximum Gasteiger partial charge on any atom is 0.327 e. The van der Waals surface area contributed by atoms with E-state index in [0.717, 1.165) is 0 Å². The molecule has 0 radical (unpaired) electrons. The summed E-state index contributed by atoms with van der Waals surface area (Å²) in [6.07, 6.45) is 0. The average Bonchev–Trinajstić information content (AvgIpc) is 1.92. The van der Waals surface area contributed by atoms with Gasteiger partial charge in [0.05, 0.1) is 0 Å². The molecule has 0 aromatic carbocycles. The Labute approximate surface area is 83.0 Å². The molecule has 0 spiro atoms. The van der Waals surface area contributed by atoms with Crippen molar-refractivity contribution in [1.29, 1.82) is 0 Å². The Balaban J connectivity index is -0.0000000356. The molecule has 0 heterocycles. The van der Waals surface area contributed by atoms with E-state index in [2.05, 4.69) is 0 Å². The monoisotopic (exact) mass is 272 g/mol. The Morgan fingerprint density at radius 1 is 0.500 bits per heavy atom. The summed E-state index contributed by atoms with van der Waals surface area (Å²) in [5, 5.41) is 0. The molecule has 0 aliphatic carbocycles. The van der Waals surface area contributed by atoms with Crippen LogP contribution in [0.1, 0.15) is 0 Å². The van der Waals surface area contributed by atoms with Crippen LogP contribution in [0.5, 0.6) is 0 Å². The number of hydrogen-bond donors (Lipinski definition) is 4. The van der Waals surface area contributed by atoms with Crippen molar-refractivity contribution in [3.05, 3.63) is 0 Å². The highest BCUT2D eigenvalue weighted by molar-refractivity contribution is 1.72. The first kappa shape index (κ1) is 23.0. The zero-order chi connectivity index (χ0) is 10.8. The van der Waals surface area contributed by atoms with Crippen molar-refractivity contribution in [3.63, 3.8) is 0 Å². The highest BCUT2D eigenvalue weighted by atomic mass is 35.6. The van der Waals surface area contributed by atoms with Crippen molar-refractivity contribution < 1.29 is 82.6 Å². The Kier molecular flexibility index (Phi) is 114. The fourth-order valence-corrected chi connectivity index (χ4v) is 0. The summed E-state index contributed by atoms with van der Waals surface area (Å²) in [4.78, 5) is 0. The molecule has 0 amide bonds. The van der Waals surface area contributed by atoms with E-state index in [4.69, 9.17) is 37.3 Å². The van der Waals surface area contributed by atoms with Gasteiger partial charge >= 0.3 is 45.3 Å². The number of rotatable bonds is 0. The molecule has 0 aliphatic rings. The molecule has 0 aromatic heterocycles.